The van der Waals surface area contributed by atoms with Crippen molar-refractivity contribution in [2.75, 3.05) is 10.8 Å². The van der Waals surface area contributed by atoms with E-state index in [0.29, 0.717) is 18.7 Å². The van der Waals surface area contributed by atoms with Crippen molar-refractivity contribution in [1.82, 2.24) is 5.32 Å². The lowest BCUT2D eigenvalue weighted by Gasteiger charge is -2.24. The molecule has 1 saturated carbocycles. The van der Waals surface area contributed by atoms with Gasteiger partial charge in [-0.25, -0.2) is 13.2 Å². The van der Waals surface area contributed by atoms with Crippen LogP contribution in [0.2, 0.25) is 5.02 Å². The van der Waals surface area contributed by atoms with E-state index in [1.807, 2.05) is 12.1 Å². The van der Waals surface area contributed by atoms with Crippen molar-refractivity contribution in [2.24, 2.45) is 0 Å². The van der Waals surface area contributed by atoms with Crippen LogP contribution in [0, 0.1) is 0 Å². The minimum absolute atomic E-state index is 0.0130. The van der Waals surface area contributed by atoms with Crippen molar-refractivity contribution in [2.45, 2.75) is 62.5 Å². The maximum absolute atomic E-state index is 13.4. The first kappa shape index (κ1) is 23.6. The van der Waals surface area contributed by atoms with Gasteiger partial charge in [0, 0.05) is 12.6 Å². The topological polar surface area (TPSA) is 92.8 Å². The van der Waals surface area contributed by atoms with Gasteiger partial charge < -0.3 is 10.1 Å². The fourth-order valence-electron chi connectivity index (χ4n) is 4.35. The van der Waals surface area contributed by atoms with Crippen molar-refractivity contribution in [3.63, 3.8) is 0 Å². The Morgan fingerprint density at radius 1 is 1.12 bits per heavy atom. The zero-order chi connectivity index (χ0) is 23.6. The van der Waals surface area contributed by atoms with Crippen LogP contribution < -0.4 is 9.62 Å². The number of ether oxygens (including phenoxy) is 1. The summed E-state index contributed by atoms with van der Waals surface area (Å²) < 4.78 is 33.4. The minimum Gasteiger partial charge on any atom is -0.449 e. The highest BCUT2D eigenvalue weighted by molar-refractivity contribution is 7.93. The molecule has 1 unspecified atom stereocenters. The molecule has 176 valence electrons. The number of sulfonamides is 1. The summed E-state index contributed by atoms with van der Waals surface area (Å²) in [6.07, 6.45) is 4.75. The number of nitrogens with zero attached hydrogens (tertiary/aromatic N) is 1. The predicted molar refractivity (Wildman–Crippen MR) is 126 cm³/mol. The number of anilines is 1. The molecule has 1 atom stereocenters. The molecule has 1 heterocycles. The lowest BCUT2D eigenvalue weighted by molar-refractivity contribution is -0.130. The molecule has 0 saturated heterocycles. The summed E-state index contributed by atoms with van der Waals surface area (Å²) >= 11 is 6.23. The van der Waals surface area contributed by atoms with Crippen molar-refractivity contribution in [3.8, 4) is 0 Å². The van der Waals surface area contributed by atoms with Crippen molar-refractivity contribution in [1.29, 1.82) is 0 Å². The Bertz CT molecular complexity index is 1160. The van der Waals surface area contributed by atoms with Crippen molar-refractivity contribution < 1.29 is 22.7 Å². The molecule has 1 aliphatic carbocycles. The van der Waals surface area contributed by atoms with Crippen LogP contribution in [-0.4, -0.2) is 39.0 Å². The first-order valence-electron chi connectivity index (χ1n) is 11.2. The number of benzene rings is 2. The van der Waals surface area contributed by atoms with Crippen LogP contribution in [-0.2, 0) is 26.0 Å². The number of carbonyl (C=O) groups is 2. The first-order valence-corrected chi connectivity index (χ1v) is 13.0. The van der Waals surface area contributed by atoms with E-state index in [-0.39, 0.29) is 27.4 Å². The van der Waals surface area contributed by atoms with Crippen LogP contribution in [0.1, 0.15) is 54.9 Å². The Morgan fingerprint density at radius 3 is 2.61 bits per heavy atom. The summed E-state index contributed by atoms with van der Waals surface area (Å²) in [5.74, 6) is -1.14. The van der Waals surface area contributed by atoms with Crippen LogP contribution >= 0.6 is 11.6 Å². The average Bonchev–Trinajstić information content (AvgIpc) is 3.25. The van der Waals surface area contributed by atoms with Crippen LogP contribution in [0.4, 0.5) is 5.69 Å². The van der Waals surface area contributed by atoms with Crippen LogP contribution in [0.15, 0.2) is 47.4 Å². The summed E-state index contributed by atoms with van der Waals surface area (Å²) in [7, 11) is -3.99. The Hall–Kier alpha value is -2.58. The number of nitrogens with one attached hydrogen (secondary N) is 1. The summed E-state index contributed by atoms with van der Waals surface area (Å²) in [5.41, 5.74) is 1.56. The molecule has 9 heteroatoms. The van der Waals surface area contributed by atoms with Gasteiger partial charge in [0.1, 0.15) is 4.90 Å². The van der Waals surface area contributed by atoms with Gasteiger partial charge in [0.15, 0.2) is 6.10 Å². The molecule has 0 radical (unpaired) electrons. The second kappa shape index (κ2) is 9.73. The minimum atomic E-state index is -3.99. The zero-order valence-electron chi connectivity index (χ0n) is 18.4. The van der Waals surface area contributed by atoms with E-state index in [1.54, 1.807) is 12.1 Å². The van der Waals surface area contributed by atoms with Gasteiger partial charge in [-0.3, -0.25) is 9.10 Å². The Morgan fingerprint density at radius 2 is 1.85 bits per heavy atom. The maximum atomic E-state index is 13.4. The molecule has 1 amide bonds. The molecule has 1 fully saturated rings. The van der Waals surface area contributed by atoms with Crippen LogP contribution in [0.3, 0.4) is 0 Å². The molecule has 0 aromatic heterocycles. The van der Waals surface area contributed by atoms with Gasteiger partial charge in [-0.05, 0) is 56.0 Å². The van der Waals surface area contributed by atoms with Gasteiger partial charge in [0.25, 0.3) is 15.9 Å². The molecule has 1 N–H and O–H groups in total. The Labute approximate surface area is 199 Å². The highest BCUT2D eigenvalue weighted by Crippen LogP contribution is 2.35. The van der Waals surface area contributed by atoms with Crippen LogP contribution in [0.25, 0.3) is 0 Å². The van der Waals surface area contributed by atoms with Crippen molar-refractivity contribution in [3.05, 3.63) is 58.6 Å². The van der Waals surface area contributed by atoms with Gasteiger partial charge in [0.2, 0.25) is 0 Å². The standard InChI is InChI=1S/C24H27ClN2O5S/c1-16(23(28)26-19-8-3-2-4-9-19)32-24(29)18-11-12-20(25)22(15-18)33(30,31)27-14-13-17-7-5-6-10-21(17)27/h5-7,10-12,15-16,19H,2-4,8-9,13-14H2,1H3,(H,26,28). The van der Waals surface area contributed by atoms with Gasteiger partial charge >= 0.3 is 5.97 Å². The Balaban J connectivity index is 1.50. The van der Waals surface area contributed by atoms with E-state index in [4.69, 9.17) is 16.3 Å². The maximum Gasteiger partial charge on any atom is 0.338 e. The number of carbonyl (C=O) groups excluding carboxylic acids is 2. The number of para-hydroxylation sites is 1. The molecule has 4 rings (SSSR count). The SMILES string of the molecule is CC(OC(=O)c1ccc(Cl)c(S(=O)(=O)N2CCc3ccccc32)c1)C(=O)NC1CCCCC1. The highest BCUT2D eigenvalue weighted by atomic mass is 35.5. The second-order valence-corrected chi connectivity index (χ2v) is 10.7. The van der Waals surface area contributed by atoms with Gasteiger partial charge in [-0.2, -0.15) is 0 Å². The largest absolute Gasteiger partial charge is 0.449 e. The van der Waals surface area contributed by atoms with Gasteiger partial charge in [-0.15, -0.1) is 0 Å². The Kier molecular flexibility index (Phi) is 6.95. The van der Waals surface area contributed by atoms with E-state index in [2.05, 4.69) is 5.32 Å². The third kappa shape index (κ3) is 5.01. The average molecular weight is 491 g/mol. The summed E-state index contributed by atoms with van der Waals surface area (Å²) in [4.78, 5) is 25.0. The van der Waals surface area contributed by atoms with E-state index in [1.165, 1.54) is 35.8 Å². The number of hydrogen-bond acceptors (Lipinski definition) is 5. The molecule has 2 aromatic carbocycles. The second-order valence-electron chi connectivity index (χ2n) is 8.49. The van der Waals surface area contributed by atoms with Crippen LogP contribution in [0.5, 0.6) is 0 Å². The number of amides is 1. The zero-order valence-corrected chi connectivity index (χ0v) is 20.0. The third-order valence-corrected chi connectivity index (χ3v) is 8.48. The molecule has 7 nitrogen and oxygen atoms in total. The summed E-state index contributed by atoms with van der Waals surface area (Å²) in [6, 6.07) is 11.4. The monoisotopic (exact) mass is 490 g/mol. The van der Waals surface area contributed by atoms with E-state index in [0.717, 1.165) is 31.2 Å². The third-order valence-electron chi connectivity index (χ3n) is 6.18. The molecule has 2 aliphatic rings. The fourth-order valence-corrected chi connectivity index (χ4v) is 6.36. The van der Waals surface area contributed by atoms with Gasteiger partial charge in [-0.1, -0.05) is 49.1 Å². The smallest absolute Gasteiger partial charge is 0.338 e. The molecular weight excluding hydrogens is 464 g/mol. The summed E-state index contributed by atoms with van der Waals surface area (Å²) in [5, 5.41) is 2.94. The first-order chi connectivity index (χ1) is 15.8. The van der Waals surface area contributed by atoms with Gasteiger partial charge in [0.05, 0.1) is 16.3 Å². The van der Waals surface area contributed by atoms with E-state index in [9.17, 15) is 18.0 Å². The lowest BCUT2D eigenvalue weighted by Crippen LogP contribution is -2.42. The van der Waals surface area contributed by atoms with Crippen molar-refractivity contribution >= 4 is 39.2 Å². The molecule has 0 bridgehead atoms. The number of esters is 1. The molecule has 2 aromatic rings. The molecule has 33 heavy (non-hydrogen) atoms. The predicted octanol–water partition coefficient (Wildman–Crippen LogP) is 4.09. The lowest BCUT2D eigenvalue weighted by atomic mass is 9.95. The molecular formula is C24H27ClN2O5S. The molecule has 0 spiro atoms. The fraction of sp³-hybridized carbons (Fsp3) is 0.417. The van der Waals surface area contributed by atoms with E-state index >= 15 is 0 Å². The van der Waals surface area contributed by atoms with E-state index < -0.39 is 22.1 Å². The number of hydrogen-bond donors (Lipinski definition) is 1. The normalized spacial score (nSPS) is 17.3. The number of halogens is 1. The quantitative estimate of drug-likeness (QED) is 0.616. The number of rotatable bonds is 6. The molecule has 1 aliphatic heterocycles. The number of fused-ring (bicyclic) bond motifs is 1. The summed E-state index contributed by atoms with van der Waals surface area (Å²) in [6.45, 7) is 1.80. The highest BCUT2D eigenvalue weighted by Gasteiger charge is 2.33.